The van der Waals surface area contributed by atoms with Crippen molar-refractivity contribution in [1.29, 1.82) is 0 Å². The highest BCUT2D eigenvalue weighted by Crippen LogP contribution is 2.30. The second kappa shape index (κ2) is 4.09. The van der Waals surface area contributed by atoms with Crippen molar-refractivity contribution in [2.45, 2.75) is 32.7 Å². The molecule has 0 N–H and O–H groups in total. The average Bonchev–Trinajstić information content (AvgIpc) is 2.65. The minimum Gasteiger partial charge on any atom is -0.295 e. The predicted octanol–water partition coefficient (Wildman–Crippen LogP) is 2.55. The molecule has 0 unspecified atom stereocenters. The van der Waals surface area contributed by atoms with Crippen LogP contribution in [0.15, 0.2) is 18.2 Å². The Bertz CT molecular complexity index is 309. The topological polar surface area (TPSA) is 16.1 Å². The zero-order chi connectivity index (χ0) is 9.97. The molecular formula is C12H18N2. The molecule has 1 aliphatic rings. The second-order valence-corrected chi connectivity index (χ2v) is 3.99. The van der Waals surface area contributed by atoms with Gasteiger partial charge in [-0.1, -0.05) is 13.0 Å². The van der Waals surface area contributed by atoms with E-state index in [2.05, 4.69) is 41.9 Å². The van der Waals surface area contributed by atoms with Gasteiger partial charge >= 0.3 is 0 Å². The Kier molecular flexibility index (Phi) is 2.82. The number of aromatic nitrogens is 1. The Hall–Kier alpha value is -0.890. The molecule has 0 radical (unpaired) electrons. The van der Waals surface area contributed by atoms with Crippen LogP contribution in [0, 0.1) is 6.92 Å². The summed E-state index contributed by atoms with van der Waals surface area (Å²) >= 11 is 0. The van der Waals surface area contributed by atoms with Gasteiger partial charge < -0.3 is 0 Å². The van der Waals surface area contributed by atoms with Crippen LogP contribution in [0.2, 0.25) is 0 Å². The molecule has 0 aromatic carbocycles. The molecule has 14 heavy (non-hydrogen) atoms. The molecule has 76 valence electrons. The molecule has 1 saturated heterocycles. The molecule has 0 spiro atoms. The van der Waals surface area contributed by atoms with E-state index >= 15 is 0 Å². The first kappa shape index (κ1) is 9.66. The first-order valence-corrected chi connectivity index (χ1v) is 5.49. The summed E-state index contributed by atoms with van der Waals surface area (Å²) < 4.78 is 0. The van der Waals surface area contributed by atoms with E-state index in [0.717, 1.165) is 12.2 Å². The Morgan fingerprint density at radius 2 is 2.36 bits per heavy atom. The van der Waals surface area contributed by atoms with Crippen molar-refractivity contribution >= 4 is 0 Å². The van der Waals surface area contributed by atoms with Crippen LogP contribution in [-0.4, -0.2) is 23.0 Å². The Morgan fingerprint density at radius 3 is 3.07 bits per heavy atom. The summed E-state index contributed by atoms with van der Waals surface area (Å²) in [7, 11) is 0. The van der Waals surface area contributed by atoms with Crippen LogP contribution < -0.4 is 0 Å². The molecule has 2 nitrogen and oxygen atoms in total. The van der Waals surface area contributed by atoms with Gasteiger partial charge in [0.2, 0.25) is 0 Å². The first-order valence-electron chi connectivity index (χ1n) is 5.49. The van der Waals surface area contributed by atoms with Gasteiger partial charge in [0.05, 0.1) is 11.7 Å². The number of aryl methyl sites for hydroxylation is 1. The monoisotopic (exact) mass is 190 g/mol. The molecule has 1 aromatic heterocycles. The lowest BCUT2D eigenvalue weighted by molar-refractivity contribution is 0.267. The molecule has 2 heteroatoms. The van der Waals surface area contributed by atoms with E-state index < -0.39 is 0 Å². The number of hydrogen-bond acceptors (Lipinski definition) is 2. The third-order valence-electron chi connectivity index (χ3n) is 3.02. The molecule has 2 heterocycles. The summed E-state index contributed by atoms with van der Waals surface area (Å²) in [6.07, 6.45) is 2.58. The van der Waals surface area contributed by atoms with Gasteiger partial charge in [-0.3, -0.25) is 9.88 Å². The summed E-state index contributed by atoms with van der Waals surface area (Å²) in [5.74, 6) is 0. The fourth-order valence-corrected chi connectivity index (χ4v) is 2.29. The zero-order valence-electron chi connectivity index (χ0n) is 9.03. The van der Waals surface area contributed by atoms with E-state index in [1.165, 1.54) is 25.1 Å². The summed E-state index contributed by atoms with van der Waals surface area (Å²) in [6.45, 7) is 6.67. The normalized spacial score (nSPS) is 22.9. The average molecular weight is 190 g/mol. The summed E-state index contributed by atoms with van der Waals surface area (Å²) in [5, 5.41) is 0. The van der Waals surface area contributed by atoms with Gasteiger partial charge in [-0.15, -0.1) is 0 Å². The zero-order valence-corrected chi connectivity index (χ0v) is 9.03. The highest BCUT2D eigenvalue weighted by molar-refractivity contribution is 5.14. The van der Waals surface area contributed by atoms with Crippen molar-refractivity contribution in [2.75, 3.05) is 13.1 Å². The van der Waals surface area contributed by atoms with Crippen molar-refractivity contribution in [3.8, 4) is 0 Å². The van der Waals surface area contributed by atoms with Crippen LogP contribution in [-0.2, 0) is 0 Å². The van der Waals surface area contributed by atoms with Crippen molar-refractivity contribution in [3.05, 3.63) is 29.6 Å². The lowest BCUT2D eigenvalue weighted by Crippen LogP contribution is -2.23. The van der Waals surface area contributed by atoms with E-state index in [4.69, 9.17) is 0 Å². The third-order valence-corrected chi connectivity index (χ3v) is 3.02. The third kappa shape index (κ3) is 1.80. The van der Waals surface area contributed by atoms with E-state index in [1.807, 2.05) is 0 Å². The van der Waals surface area contributed by atoms with Crippen LogP contribution in [0.4, 0.5) is 0 Å². The van der Waals surface area contributed by atoms with Gasteiger partial charge in [-0.25, -0.2) is 0 Å². The van der Waals surface area contributed by atoms with Gasteiger partial charge in [0.1, 0.15) is 0 Å². The summed E-state index contributed by atoms with van der Waals surface area (Å²) in [6, 6.07) is 6.91. The number of likely N-dealkylation sites (tertiary alicyclic amines) is 1. The van der Waals surface area contributed by atoms with E-state index in [9.17, 15) is 0 Å². The molecule has 2 rings (SSSR count). The first-order chi connectivity index (χ1) is 6.81. The van der Waals surface area contributed by atoms with E-state index in [-0.39, 0.29) is 0 Å². The van der Waals surface area contributed by atoms with Crippen LogP contribution in [0.3, 0.4) is 0 Å². The van der Waals surface area contributed by atoms with E-state index in [0.29, 0.717) is 6.04 Å². The second-order valence-electron chi connectivity index (χ2n) is 3.99. The number of rotatable bonds is 2. The van der Waals surface area contributed by atoms with Gasteiger partial charge in [-0.05, 0) is 45.0 Å². The fourth-order valence-electron chi connectivity index (χ4n) is 2.29. The van der Waals surface area contributed by atoms with Gasteiger partial charge in [-0.2, -0.15) is 0 Å². The molecule has 1 fully saturated rings. The maximum atomic E-state index is 4.61. The largest absolute Gasteiger partial charge is 0.295 e. The van der Waals surface area contributed by atoms with Crippen LogP contribution in [0.25, 0.3) is 0 Å². The summed E-state index contributed by atoms with van der Waals surface area (Å²) in [4.78, 5) is 7.13. The minimum absolute atomic E-state index is 0.569. The standard InChI is InChI=1S/C12H18N2/c1-3-14-9-5-8-12(14)11-7-4-6-10(2)13-11/h4,6-7,12H,3,5,8-9H2,1-2H3/t12-/m0/s1. The molecule has 0 saturated carbocycles. The van der Waals surface area contributed by atoms with E-state index in [1.54, 1.807) is 0 Å². The molecule has 1 atom stereocenters. The van der Waals surface area contributed by atoms with Crippen molar-refractivity contribution < 1.29 is 0 Å². The van der Waals surface area contributed by atoms with Gasteiger partial charge in [0.15, 0.2) is 0 Å². The van der Waals surface area contributed by atoms with Crippen LogP contribution >= 0.6 is 0 Å². The molecule has 0 amide bonds. The van der Waals surface area contributed by atoms with Crippen molar-refractivity contribution in [3.63, 3.8) is 0 Å². The maximum absolute atomic E-state index is 4.61. The Morgan fingerprint density at radius 1 is 1.50 bits per heavy atom. The predicted molar refractivity (Wildman–Crippen MR) is 58.2 cm³/mol. The molecule has 1 aromatic rings. The number of nitrogens with zero attached hydrogens (tertiary/aromatic N) is 2. The minimum atomic E-state index is 0.569. The SMILES string of the molecule is CCN1CCC[C@H]1c1cccc(C)n1. The molecular weight excluding hydrogens is 172 g/mol. The number of hydrogen-bond donors (Lipinski definition) is 0. The molecule has 0 aliphatic carbocycles. The number of pyridine rings is 1. The summed E-state index contributed by atoms with van der Waals surface area (Å²) in [5.41, 5.74) is 2.38. The maximum Gasteiger partial charge on any atom is 0.0578 e. The van der Waals surface area contributed by atoms with Crippen molar-refractivity contribution in [2.24, 2.45) is 0 Å². The van der Waals surface area contributed by atoms with Crippen LogP contribution in [0.5, 0.6) is 0 Å². The Labute approximate surface area is 86.0 Å². The quantitative estimate of drug-likeness (QED) is 0.712. The van der Waals surface area contributed by atoms with Crippen molar-refractivity contribution in [1.82, 2.24) is 9.88 Å². The highest BCUT2D eigenvalue weighted by atomic mass is 15.2. The Balaban J connectivity index is 2.21. The smallest absolute Gasteiger partial charge is 0.0578 e. The molecule has 1 aliphatic heterocycles. The van der Waals surface area contributed by atoms with Gasteiger partial charge in [0.25, 0.3) is 0 Å². The fraction of sp³-hybridized carbons (Fsp3) is 0.583. The van der Waals surface area contributed by atoms with Gasteiger partial charge in [0, 0.05) is 5.69 Å². The molecule has 0 bridgehead atoms. The lowest BCUT2D eigenvalue weighted by atomic mass is 10.1. The highest BCUT2D eigenvalue weighted by Gasteiger charge is 2.25. The lowest BCUT2D eigenvalue weighted by Gasteiger charge is -2.22. The van der Waals surface area contributed by atoms with Crippen LogP contribution in [0.1, 0.15) is 37.2 Å².